The maximum atomic E-state index is 13.0. The van der Waals surface area contributed by atoms with Crippen molar-refractivity contribution in [2.75, 3.05) is 0 Å². The molecule has 2 nitrogen and oxygen atoms in total. The molecule has 0 aromatic heterocycles. The Hall–Kier alpha value is -0.0500. The van der Waals surface area contributed by atoms with Crippen molar-refractivity contribution in [2.45, 2.75) is 77.7 Å². The molecule has 0 aromatic carbocycles. The molecule has 2 unspecified atom stereocenters. The van der Waals surface area contributed by atoms with Gasteiger partial charge in [0.1, 0.15) is 0 Å². The number of sulfone groups is 1. The summed E-state index contributed by atoms with van der Waals surface area (Å²) in [6.07, 6.45) is 1.35. The Balaban J connectivity index is 5.85. The quantitative estimate of drug-likeness (QED) is 0.723. The normalized spacial score (nSPS) is 20.4. The van der Waals surface area contributed by atoms with Crippen LogP contribution in [0.5, 0.6) is 0 Å². The van der Waals surface area contributed by atoms with Crippen molar-refractivity contribution in [3.8, 4) is 0 Å². The predicted octanol–water partition coefficient (Wildman–Crippen LogP) is 4.05. The first-order chi connectivity index (χ1) is 7.51. The molecule has 17 heavy (non-hydrogen) atoms. The Labute approximate surface area is 108 Å². The van der Waals surface area contributed by atoms with Gasteiger partial charge in [-0.1, -0.05) is 41.5 Å². The van der Waals surface area contributed by atoms with E-state index in [2.05, 4.69) is 0 Å². The highest BCUT2D eigenvalue weighted by Crippen LogP contribution is 2.42. The Morgan fingerprint density at radius 3 is 1.18 bits per heavy atom. The van der Waals surface area contributed by atoms with E-state index in [1.807, 2.05) is 55.4 Å². The molecule has 0 heterocycles. The molecule has 0 radical (unpaired) electrons. The fraction of sp³-hybridized carbons (Fsp3) is 1.00. The zero-order valence-electron chi connectivity index (χ0n) is 12.8. The Kier molecular flexibility index (Phi) is 5.28. The van der Waals surface area contributed by atoms with E-state index in [-0.39, 0.29) is 11.8 Å². The van der Waals surface area contributed by atoms with Crippen molar-refractivity contribution in [1.82, 2.24) is 0 Å². The van der Waals surface area contributed by atoms with Gasteiger partial charge in [-0.15, -0.1) is 0 Å². The van der Waals surface area contributed by atoms with Crippen LogP contribution in [0.25, 0.3) is 0 Å². The molecule has 0 amide bonds. The first-order valence-corrected chi connectivity index (χ1v) is 8.23. The van der Waals surface area contributed by atoms with E-state index in [4.69, 9.17) is 0 Å². The third kappa shape index (κ3) is 2.40. The van der Waals surface area contributed by atoms with Crippen molar-refractivity contribution >= 4 is 9.84 Å². The fourth-order valence-electron chi connectivity index (χ4n) is 2.35. The molecule has 0 aliphatic heterocycles. The molecule has 0 aromatic rings. The highest BCUT2D eigenvalue weighted by Gasteiger charge is 2.52. The molecule has 0 rings (SSSR count). The first-order valence-electron chi connectivity index (χ1n) is 6.75. The average Bonchev–Trinajstić information content (AvgIpc) is 2.25. The molecule has 0 aliphatic rings. The fourth-order valence-corrected chi connectivity index (χ4v) is 5.42. The summed E-state index contributed by atoms with van der Waals surface area (Å²) >= 11 is 0. The minimum absolute atomic E-state index is 0.141. The molecule has 0 aliphatic carbocycles. The van der Waals surface area contributed by atoms with E-state index in [9.17, 15) is 8.42 Å². The van der Waals surface area contributed by atoms with Gasteiger partial charge in [-0.2, -0.15) is 0 Å². The molecule has 3 heteroatoms. The van der Waals surface area contributed by atoms with Gasteiger partial charge in [-0.3, -0.25) is 0 Å². The van der Waals surface area contributed by atoms with Gasteiger partial charge >= 0.3 is 0 Å². The van der Waals surface area contributed by atoms with Gasteiger partial charge in [0.25, 0.3) is 0 Å². The molecule has 0 saturated heterocycles. The van der Waals surface area contributed by atoms with E-state index in [1.165, 1.54) is 0 Å². The van der Waals surface area contributed by atoms with Gasteiger partial charge in [-0.25, -0.2) is 8.42 Å². The largest absolute Gasteiger partial charge is 0.228 e. The smallest absolute Gasteiger partial charge is 0.161 e. The van der Waals surface area contributed by atoms with Gasteiger partial charge in [0.2, 0.25) is 0 Å². The average molecular weight is 262 g/mol. The number of hydrogen-bond acceptors (Lipinski definition) is 2. The zero-order valence-corrected chi connectivity index (χ0v) is 13.6. The van der Waals surface area contributed by atoms with Crippen LogP contribution in [0, 0.1) is 11.8 Å². The van der Waals surface area contributed by atoms with E-state index >= 15 is 0 Å². The van der Waals surface area contributed by atoms with Gasteiger partial charge in [0.05, 0.1) is 9.49 Å². The van der Waals surface area contributed by atoms with Crippen molar-refractivity contribution in [3.63, 3.8) is 0 Å². The van der Waals surface area contributed by atoms with Gasteiger partial charge in [0, 0.05) is 0 Å². The zero-order chi connectivity index (χ0) is 14.1. The summed E-state index contributed by atoms with van der Waals surface area (Å²) in [6.45, 7) is 15.8. The predicted molar refractivity (Wildman–Crippen MR) is 76.0 cm³/mol. The second kappa shape index (κ2) is 5.29. The lowest BCUT2D eigenvalue weighted by Gasteiger charge is -2.43. The molecule has 0 fully saturated rings. The first kappa shape index (κ1) is 16.9. The van der Waals surface area contributed by atoms with Crippen LogP contribution in [0.15, 0.2) is 0 Å². The molecule has 0 saturated carbocycles. The van der Waals surface area contributed by atoms with Crippen LogP contribution in [0.1, 0.15) is 68.2 Å². The summed E-state index contributed by atoms with van der Waals surface area (Å²) < 4.78 is 24.8. The van der Waals surface area contributed by atoms with Crippen LogP contribution in [0.3, 0.4) is 0 Å². The minimum atomic E-state index is -3.16. The van der Waals surface area contributed by atoms with E-state index in [0.29, 0.717) is 12.8 Å². The molecular weight excluding hydrogens is 232 g/mol. The molecule has 104 valence electrons. The van der Waals surface area contributed by atoms with Crippen molar-refractivity contribution in [3.05, 3.63) is 0 Å². The van der Waals surface area contributed by atoms with Crippen molar-refractivity contribution < 1.29 is 8.42 Å². The van der Waals surface area contributed by atoms with Crippen molar-refractivity contribution in [1.29, 1.82) is 0 Å². The van der Waals surface area contributed by atoms with E-state index in [0.717, 1.165) is 0 Å². The summed E-state index contributed by atoms with van der Waals surface area (Å²) in [5.41, 5.74) is 0. The second-order valence-electron chi connectivity index (χ2n) is 6.15. The lowest BCUT2D eigenvalue weighted by Crippen LogP contribution is -2.53. The van der Waals surface area contributed by atoms with Crippen LogP contribution >= 0.6 is 0 Å². The second-order valence-corrected chi connectivity index (χ2v) is 9.02. The highest BCUT2D eigenvalue weighted by atomic mass is 32.2. The van der Waals surface area contributed by atoms with Gasteiger partial charge in [0.15, 0.2) is 9.84 Å². The van der Waals surface area contributed by atoms with Crippen LogP contribution in [-0.2, 0) is 9.84 Å². The van der Waals surface area contributed by atoms with Crippen LogP contribution < -0.4 is 0 Å². The summed E-state index contributed by atoms with van der Waals surface area (Å²) in [7, 11) is -3.16. The third-order valence-corrected chi connectivity index (χ3v) is 9.05. The Morgan fingerprint density at radius 1 is 0.824 bits per heavy atom. The summed E-state index contributed by atoms with van der Waals surface area (Å²) in [6, 6.07) is 0. The maximum Gasteiger partial charge on any atom is 0.161 e. The lowest BCUT2D eigenvalue weighted by molar-refractivity contribution is 0.360. The van der Waals surface area contributed by atoms with Crippen LogP contribution in [0.4, 0.5) is 0 Å². The lowest BCUT2D eigenvalue weighted by atomic mass is 9.93. The van der Waals surface area contributed by atoms with E-state index < -0.39 is 19.3 Å². The minimum Gasteiger partial charge on any atom is -0.228 e. The van der Waals surface area contributed by atoms with Crippen LogP contribution in [-0.4, -0.2) is 17.9 Å². The summed E-state index contributed by atoms with van der Waals surface area (Å²) in [5.74, 6) is 0.282. The monoisotopic (exact) mass is 262 g/mol. The molecule has 2 atom stereocenters. The summed E-state index contributed by atoms with van der Waals surface area (Å²) in [4.78, 5) is 0. The standard InChI is InChI=1S/C14H30O2S/c1-9-13(7,11(3)4)17(15,16)14(8,10-2)12(5)6/h11-12H,9-10H2,1-8H3. The van der Waals surface area contributed by atoms with E-state index in [1.54, 1.807) is 0 Å². The molecule has 0 bridgehead atoms. The SMILES string of the molecule is CCC(C)(C(C)C)S(=O)(=O)C(C)(CC)C(C)C. The Morgan fingerprint density at radius 2 is 1.06 bits per heavy atom. The van der Waals surface area contributed by atoms with Gasteiger partial charge < -0.3 is 0 Å². The molecule has 0 spiro atoms. The molecular formula is C14H30O2S. The number of hydrogen-bond donors (Lipinski definition) is 0. The molecule has 0 N–H and O–H groups in total. The Bertz CT molecular complexity index is 315. The third-order valence-electron chi connectivity index (χ3n) is 5.07. The highest BCUT2D eigenvalue weighted by molar-refractivity contribution is 7.94. The van der Waals surface area contributed by atoms with Crippen LogP contribution in [0.2, 0.25) is 0 Å². The maximum absolute atomic E-state index is 13.0. The number of rotatable bonds is 6. The van der Waals surface area contributed by atoms with Gasteiger partial charge in [-0.05, 0) is 38.5 Å². The summed E-state index contributed by atoms with van der Waals surface area (Å²) in [5, 5.41) is 0. The topological polar surface area (TPSA) is 34.1 Å². The van der Waals surface area contributed by atoms with Crippen molar-refractivity contribution in [2.24, 2.45) is 11.8 Å².